The Morgan fingerprint density at radius 2 is 1.61 bits per heavy atom. The number of esters is 1. The molecule has 0 fully saturated rings. The third-order valence-electron chi connectivity index (χ3n) is 8.64. The second-order valence-corrected chi connectivity index (χ2v) is 10.6. The lowest BCUT2D eigenvalue weighted by Crippen LogP contribution is -2.33. The van der Waals surface area contributed by atoms with Crippen LogP contribution in [-0.4, -0.2) is 22.0 Å². The average Bonchev–Trinajstić information content (AvgIpc) is 3.64. The number of ether oxygens (including phenoxy) is 2. The highest BCUT2D eigenvalue weighted by Crippen LogP contribution is 2.54. The Morgan fingerprint density at radius 1 is 0.854 bits per heavy atom. The normalized spacial score (nSPS) is 16.3. The highest BCUT2D eigenvalue weighted by molar-refractivity contribution is 5.99. The first-order valence-corrected chi connectivity index (χ1v) is 14.2. The zero-order chi connectivity index (χ0) is 28.3. The summed E-state index contributed by atoms with van der Waals surface area (Å²) in [5.41, 5.74) is 8.71. The number of aromatic nitrogens is 2. The van der Waals surface area contributed by atoms with Crippen LogP contribution in [0.5, 0.6) is 5.75 Å². The molecule has 204 valence electrons. The molecule has 5 nitrogen and oxygen atoms in total. The molecule has 0 N–H and O–H groups in total. The van der Waals surface area contributed by atoms with Gasteiger partial charge in [0.15, 0.2) is 0 Å². The summed E-state index contributed by atoms with van der Waals surface area (Å²) in [5.74, 6) is 0.487. The summed E-state index contributed by atoms with van der Waals surface area (Å²) in [6.45, 7) is 7.29. The van der Waals surface area contributed by atoms with Crippen LogP contribution in [0.4, 0.5) is 0 Å². The lowest BCUT2D eigenvalue weighted by Gasteiger charge is -2.32. The smallest absolute Gasteiger partial charge is 0.340 e. The van der Waals surface area contributed by atoms with E-state index in [1.54, 1.807) is 7.11 Å². The molecule has 1 aliphatic heterocycles. The molecular weight excluding hydrogens is 508 g/mol. The highest BCUT2D eigenvalue weighted by Gasteiger charge is 2.53. The molecule has 3 aromatic carbocycles. The van der Waals surface area contributed by atoms with Gasteiger partial charge in [-0.15, -0.1) is 0 Å². The molecule has 3 aromatic heterocycles. The summed E-state index contributed by atoms with van der Waals surface area (Å²) >= 11 is 0. The first kappa shape index (κ1) is 25.2. The van der Waals surface area contributed by atoms with Crippen molar-refractivity contribution in [2.75, 3.05) is 7.11 Å². The van der Waals surface area contributed by atoms with E-state index in [2.05, 4.69) is 96.5 Å². The summed E-state index contributed by atoms with van der Waals surface area (Å²) in [7, 11) is 1.68. The molecule has 41 heavy (non-hydrogen) atoms. The number of nitrogens with zero attached hydrogens (tertiary/aromatic N) is 2. The van der Waals surface area contributed by atoms with Crippen LogP contribution in [0, 0.1) is 6.92 Å². The fourth-order valence-corrected chi connectivity index (χ4v) is 6.89. The number of cyclic esters (lactones) is 1. The zero-order valence-electron chi connectivity index (χ0n) is 23.8. The third-order valence-corrected chi connectivity index (χ3v) is 8.64. The topological polar surface area (TPSA) is 44.9 Å². The van der Waals surface area contributed by atoms with E-state index in [0.29, 0.717) is 5.56 Å². The van der Waals surface area contributed by atoms with Gasteiger partial charge in [0, 0.05) is 51.0 Å². The van der Waals surface area contributed by atoms with Crippen LogP contribution in [0.1, 0.15) is 52.4 Å². The van der Waals surface area contributed by atoms with Gasteiger partial charge in [0.1, 0.15) is 5.75 Å². The van der Waals surface area contributed by atoms with E-state index in [0.717, 1.165) is 74.5 Å². The molecule has 0 spiro atoms. The van der Waals surface area contributed by atoms with Crippen molar-refractivity contribution in [3.8, 4) is 16.9 Å². The lowest BCUT2D eigenvalue weighted by molar-refractivity contribution is 0.0240. The maximum Gasteiger partial charge on any atom is 0.340 e. The second-order valence-electron chi connectivity index (χ2n) is 10.6. The van der Waals surface area contributed by atoms with E-state index in [1.807, 2.05) is 30.3 Å². The number of aryl methyl sites for hydroxylation is 2. The Bertz CT molecular complexity index is 1960. The van der Waals surface area contributed by atoms with Crippen molar-refractivity contribution in [3.05, 3.63) is 131 Å². The van der Waals surface area contributed by atoms with Crippen molar-refractivity contribution in [1.29, 1.82) is 0 Å². The van der Waals surface area contributed by atoms with Gasteiger partial charge < -0.3 is 18.4 Å². The minimum atomic E-state index is -1.18. The average molecular weight is 541 g/mol. The number of fused-ring (bicyclic) bond motifs is 3. The molecule has 0 bridgehead atoms. The Balaban J connectivity index is 1.71. The molecule has 1 aliphatic rings. The van der Waals surface area contributed by atoms with Crippen molar-refractivity contribution < 1.29 is 14.3 Å². The summed E-state index contributed by atoms with van der Waals surface area (Å²) in [5, 5.41) is 1.08. The number of para-hydroxylation sites is 1. The Kier molecular flexibility index (Phi) is 5.79. The Hall–Kier alpha value is -4.77. The van der Waals surface area contributed by atoms with E-state index in [1.165, 1.54) is 0 Å². The predicted molar refractivity (Wildman–Crippen MR) is 163 cm³/mol. The van der Waals surface area contributed by atoms with Crippen LogP contribution in [0.2, 0.25) is 0 Å². The second kappa shape index (κ2) is 9.41. The molecule has 6 aromatic rings. The van der Waals surface area contributed by atoms with Gasteiger partial charge >= 0.3 is 5.97 Å². The number of methoxy groups -OCH3 is 1. The van der Waals surface area contributed by atoms with Crippen molar-refractivity contribution in [3.63, 3.8) is 0 Å². The van der Waals surface area contributed by atoms with Crippen LogP contribution >= 0.6 is 0 Å². The van der Waals surface area contributed by atoms with Gasteiger partial charge in [-0.25, -0.2) is 4.79 Å². The minimum absolute atomic E-state index is 0.307. The van der Waals surface area contributed by atoms with Crippen LogP contribution in [0.3, 0.4) is 0 Å². The van der Waals surface area contributed by atoms with E-state index < -0.39 is 5.60 Å². The molecule has 4 heterocycles. The van der Waals surface area contributed by atoms with Crippen LogP contribution in [0.25, 0.3) is 27.5 Å². The Morgan fingerprint density at radius 3 is 2.37 bits per heavy atom. The monoisotopic (exact) mass is 540 g/mol. The van der Waals surface area contributed by atoms with Gasteiger partial charge in [0.05, 0.1) is 18.4 Å². The number of hydrogen-bond donors (Lipinski definition) is 0. The number of hydrogen-bond acceptors (Lipinski definition) is 3. The highest BCUT2D eigenvalue weighted by atomic mass is 16.6. The van der Waals surface area contributed by atoms with E-state index >= 15 is 0 Å². The maximum atomic E-state index is 13.8. The molecule has 0 saturated carbocycles. The van der Waals surface area contributed by atoms with Gasteiger partial charge in [-0.2, -0.15) is 0 Å². The van der Waals surface area contributed by atoms with Gasteiger partial charge in [-0.05, 0) is 68.3 Å². The van der Waals surface area contributed by atoms with Gasteiger partial charge in [0.25, 0.3) is 0 Å². The summed E-state index contributed by atoms with van der Waals surface area (Å²) in [4.78, 5) is 13.8. The zero-order valence-corrected chi connectivity index (χ0v) is 23.8. The molecule has 1 atom stereocenters. The predicted octanol–water partition coefficient (Wildman–Crippen LogP) is 7.92. The molecular formula is C36H32N2O3. The fourth-order valence-electron chi connectivity index (χ4n) is 6.89. The number of pyridine rings is 1. The van der Waals surface area contributed by atoms with E-state index in [-0.39, 0.29) is 5.97 Å². The maximum absolute atomic E-state index is 13.8. The number of carbonyl (C=O) groups excluding carboxylic acids is 1. The van der Waals surface area contributed by atoms with Crippen molar-refractivity contribution >= 4 is 22.4 Å². The van der Waals surface area contributed by atoms with Crippen LogP contribution < -0.4 is 4.74 Å². The molecule has 0 aliphatic carbocycles. The van der Waals surface area contributed by atoms with Gasteiger partial charge in [-0.3, -0.25) is 0 Å². The fraction of sp³-hybridized carbons (Fsp3) is 0.194. The number of rotatable bonds is 6. The van der Waals surface area contributed by atoms with Crippen molar-refractivity contribution in [2.45, 2.75) is 39.3 Å². The molecule has 0 amide bonds. The quantitative estimate of drug-likeness (QED) is 0.202. The number of benzene rings is 3. The summed E-state index contributed by atoms with van der Waals surface area (Å²) < 4.78 is 16.9. The standard InChI is InChI=1S/C36H32N2O3/c1-5-25-12-11-13-26-22-30(24-18-20-27(40-4)21-19-24)34(38(25)26)36(31-16-9-7-14-28(31)35(39)41-36)33-23(3)37(6-2)32-17-10-8-15-29(32)33/h7-22H,5-6H2,1-4H3. The van der Waals surface area contributed by atoms with Crippen molar-refractivity contribution in [1.82, 2.24) is 8.97 Å². The van der Waals surface area contributed by atoms with Crippen molar-refractivity contribution in [2.24, 2.45) is 0 Å². The summed E-state index contributed by atoms with van der Waals surface area (Å²) in [6, 6.07) is 33.1. The van der Waals surface area contributed by atoms with Crippen LogP contribution in [0.15, 0.2) is 97.1 Å². The first-order chi connectivity index (χ1) is 20.0. The third kappa shape index (κ3) is 3.45. The van der Waals surface area contributed by atoms with E-state index in [9.17, 15) is 4.79 Å². The van der Waals surface area contributed by atoms with Gasteiger partial charge in [0.2, 0.25) is 5.60 Å². The molecule has 0 saturated heterocycles. The van der Waals surface area contributed by atoms with Gasteiger partial charge in [-0.1, -0.05) is 61.5 Å². The van der Waals surface area contributed by atoms with E-state index in [4.69, 9.17) is 9.47 Å². The molecule has 1 unspecified atom stereocenters. The molecule has 0 radical (unpaired) electrons. The minimum Gasteiger partial charge on any atom is -0.497 e. The lowest BCUT2D eigenvalue weighted by atomic mass is 9.79. The van der Waals surface area contributed by atoms with Crippen LogP contribution in [-0.2, 0) is 23.3 Å². The Labute approximate surface area is 239 Å². The summed E-state index contributed by atoms with van der Waals surface area (Å²) in [6.07, 6.45) is 0.822. The molecule has 5 heteroatoms. The largest absolute Gasteiger partial charge is 0.497 e. The first-order valence-electron chi connectivity index (χ1n) is 14.2. The molecule has 7 rings (SSSR count). The number of carbonyl (C=O) groups is 1. The SMILES string of the molecule is CCc1cccc2cc(-c3ccc(OC)cc3)c(C3(c4c(C)n(CC)c5ccccc45)OC(=O)c4ccccc43)n12.